The molecule has 1 N–H and O–H groups in total. The third kappa shape index (κ3) is 2.99. The fraction of sp³-hybridized carbons (Fsp3) is 0.867. The molecule has 2 aliphatic rings. The zero-order valence-electron chi connectivity index (χ0n) is 13.4. The van der Waals surface area contributed by atoms with Crippen molar-refractivity contribution in [2.24, 2.45) is 0 Å². The molecule has 7 heteroatoms. The van der Waals surface area contributed by atoms with Crippen LogP contribution in [-0.4, -0.2) is 44.4 Å². The quantitative estimate of drug-likeness (QED) is 0.913. The van der Waals surface area contributed by atoms with Crippen molar-refractivity contribution < 1.29 is 9.53 Å². The van der Waals surface area contributed by atoms with Crippen LogP contribution in [0, 0.1) is 0 Å². The van der Waals surface area contributed by atoms with E-state index >= 15 is 0 Å². The van der Waals surface area contributed by atoms with Gasteiger partial charge in [0.05, 0.1) is 5.60 Å². The SMILES string of the molecule is CC1(C)C[C@@H](NC(=O)C2(n3cnnn3)CCCCC2)CCO1. The molecule has 7 nitrogen and oxygen atoms in total. The molecule has 0 aromatic carbocycles. The minimum atomic E-state index is -0.621. The highest BCUT2D eigenvalue weighted by Crippen LogP contribution is 2.35. The number of carbonyl (C=O) groups excluding carboxylic acids is 1. The Kier molecular flexibility index (Phi) is 4.16. The highest BCUT2D eigenvalue weighted by atomic mass is 16.5. The van der Waals surface area contributed by atoms with Crippen LogP contribution in [0.15, 0.2) is 6.33 Å². The fourth-order valence-electron chi connectivity index (χ4n) is 3.73. The largest absolute Gasteiger partial charge is 0.375 e. The molecule has 22 heavy (non-hydrogen) atoms. The molecule has 1 aromatic heterocycles. The van der Waals surface area contributed by atoms with Crippen molar-refractivity contribution in [3.05, 3.63) is 6.33 Å². The number of aromatic nitrogens is 4. The minimum Gasteiger partial charge on any atom is -0.375 e. The van der Waals surface area contributed by atoms with Crippen LogP contribution in [0.3, 0.4) is 0 Å². The standard InChI is InChI=1S/C15H25N5O2/c1-14(2)10-12(6-9-22-14)17-13(21)15(7-4-3-5-8-15)20-11-16-18-19-20/h11-12H,3-10H2,1-2H3,(H,17,21)/t12-/m0/s1. The van der Waals surface area contributed by atoms with E-state index in [-0.39, 0.29) is 17.6 Å². The van der Waals surface area contributed by atoms with Crippen molar-refractivity contribution in [2.75, 3.05) is 6.61 Å². The number of hydrogen-bond donors (Lipinski definition) is 1. The van der Waals surface area contributed by atoms with Gasteiger partial charge in [0.1, 0.15) is 11.9 Å². The van der Waals surface area contributed by atoms with Crippen LogP contribution in [0.1, 0.15) is 58.8 Å². The van der Waals surface area contributed by atoms with Crippen LogP contribution in [-0.2, 0) is 15.1 Å². The first-order chi connectivity index (χ1) is 10.5. The van der Waals surface area contributed by atoms with Gasteiger partial charge >= 0.3 is 0 Å². The minimum absolute atomic E-state index is 0.0576. The van der Waals surface area contributed by atoms with Crippen LogP contribution in [0.2, 0.25) is 0 Å². The maximum absolute atomic E-state index is 13.0. The molecule has 2 fully saturated rings. The van der Waals surface area contributed by atoms with Gasteiger partial charge in [-0.1, -0.05) is 19.3 Å². The molecular weight excluding hydrogens is 282 g/mol. The molecule has 3 rings (SSSR count). The van der Waals surface area contributed by atoms with Crippen molar-refractivity contribution in [3.8, 4) is 0 Å². The molecule has 1 amide bonds. The summed E-state index contributed by atoms with van der Waals surface area (Å²) in [7, 11) is 0. The van der Waals surface area contributed by atoms with Crippen molar-refractivity contribution in [1.29, 1.82) is 0 Å². The van der Waals surface area contributed by atoms with E-state index < -0.39 is 5.54 Å². The lowest BCUT2D eigenvalue weighted by atomic mass is 9.80. The number of hydrogen-bond acceptors (Lipinski definition) is 5. The highest BCUT2D eigenvalue weighted by Gasteiger charge is 2.44. The first-order valence-corrected chi connectivity index (χ1v) is 8.20. The number of ether oxygens (including phenoxy) is 1. The summed E-state index contributed by atoms with van der Waals surface area (Å²) in [6, 6.07) is 0.159. The highest BCUT2D eigenvalue weighted by molar-refractivity contribution is 5.84. The van der Waals surface area contributed by atoms with Crippen LogP contribution in [0.4, 0.5) is 0 Å². The lowest BCUT2D eigenvalue weighted by molar-refractivity contribution is -0.135. The van der Waals surface area contributed by atoms with E-state index in [2.05, 4.69) is 34.7 Å². The molecule has 2 heterocycles. The van der Waals surface area contributed by atoms with Crippen molar-refractivity contribution in [3.63, 3.8) is 0 Å². The van der Waals surface area contributed by atoms with E-state index in [4.69, 9.17) is 4.74 Å². The number of tetrazole rings is 1. The second kappa shape index (κ2) is 5.95. The van der Waals surface area contributed by atoms with Gasteiger partial charge in [-0.3, -0.25) is 4.79 Å². The maximum atomic E-state index is 13.0. The molecule has 1 saturated carbocycles. The molecule has 1 aliphatic heterocycles. The zero-order valence-corrected chi connectivity index (χ0v) is 13.4. The van der Waals surface area contributed by atoms with Crippen LogP contribution >= 0.6 is 0 Å². The van der Waals surface area contributed by atoms with Crippen LogP contribution in [0.25, 0.3) is 0 Å². The lowest BCUT2D eigenvalue weighted by Crippen LogP contribution is -2.55. The number of carbonyl (C=O) groups is 1. The van der Waals surface area contributed by atoms with E-state index in [9.17, 15) is 4.79 Å². The Labute approximate surface area is 130 Å². The van der Waals surface area contributed by atoms with E-state index in [1.807, 2.05) is 0 Å². The molecule has 0 unspecified atom stereocenters. The number of rotatable bonds is 3. The molecule has 0 bridgehead atoms. The van der Waals surface area contributed by atoms with Gasteiger partial charge in [0.2, 0.25) is 5.91 Å². The van der Waals surface area contributed by atoms with Crippen molar-refractivity contribution in [2.45, 2.75) is 76.0 Å². The number of amides is 1. The lowest BCUT2D eigenvalue weighted by Gasteiger charge is -2.39. The number of nitrogens with zero attached hydrogens (tertiary/aromatic N) is 4. The van der Waals surface area contributed by atoms with E-state index in [1.54, 1.807) is 11.0 Å². The molecule has 1 saturated heterocycles. The third-order valence-corrected chi connectivity index (χ3v) is 4.92. The Morgan fingerprint density at radius 1 is 1.32 bits per heavy atom. The van der Waals surface area contributed by atoms with Gasteiger partial charge in [0.15, 0.2) is 0 Å². The van der Waals surface area contributed by atoms with E-state index in [0.29, 0.717) is 6.61 Å². The summed E-state index contributed by atoms with van der Waals surface area (Å²) >= 11 is 0. The predicted molar refractivity (Wildman–Crippen MR) is 80.1 cm³/mol. The van der Waals surface area contributed by atoms with Crippen LogP contribution < -0.4 is 5.32 Å². The summed E-state index contributed by atoms with van der Waals surface area (Å²) in [5, 5.41) is 14.7. The smallest absolute Gasteiger partial charge is 0.248 e. The Hall–Kier alpha value is -1.50. The summed E-state index contributed by atoms with van der Waals surface area (Å²) in [5.41, 5.74) is -0.797. The van der Waals surface area contributed by atoms with Gasteiger partial charge in [0, 0.05) is 12.6 Å². The molecule has 0 spiro atoms. The molecule has 1 atom stereocenters. The Balaban J connectivity index is 1.75. The first kappa shape index (κ1) is 15.4. The Morgan fingerprint density at radius 2 is 2.09 bits per heavy atom. The maximum Gasteiger partial charge on any atom is 0.248 e. The average molecular weight is 307 g/mol. The van der Waals surface area contributed by atoms with E-state index in [0.717, 1.165) is 38.5 Å². The van der Waals surface area contributed by atoms with Crippen molar-refractivity contribution >= 4 is 5.91 Å². The zero-order chi connectivity index (χ0) is 15.6. The molecule has 1 aliphatic carbocycles. The summed E-state index contributed by atoms with van der Waals surface area (Å²) in [6.07, 6.45) is 8.11. The van der Waals surface area contributed by atoms with Gasteiger partial charge in [-0.15, -0.1) is 5.10 Å². The molecule has 1 aromatic rings. The summed E-state index contributed by atoms with van der Waals surface area (Å²) in [6.45, 7) is 4.84. The van der Waals surface area contributed by atoms with Crippen LogP contribution in [0.5, 0.6) is 0 Å². The van der Waals surface area contributed by atoms with Gasteiger partial charge in [0.25, 0.3) is 0 Å². The summed E-state index contributed by atoms with van der Waals surface area (Å²) in [4.78, 5) is 13.0. The van der Waals surface area contributed by atoms with Gasteiger partial charge in [-0.25, -0.2) is 4.68 Å². The van der Waals surface area contributed by atoms with Gasteiger partial charge < -0.3 is 10.1 Å². The second-order valence-corrected chi connectivity index (χ2v) is 7.12. The topological polar surface area (TPSA) is 81.9 Å². The fourth-order valence-corrected chi connectivity index (χ4v) is 3.73. The number of nitrogens with one attached hydrogen (secondary N) is 1. The normalized spacial score (nSPS) is 27.3. The predicted octanol–water partition coefficient (Wildman–Crippen LogP) is 1.41. The Morgan fingerprint density at radius 3 is 2.73 bits per heavy atom. The summed E-state index contributed by atoms with van der Waals surface area (Å²) in [5.74, 6) is 0.0576. The molecular formula is C15H25N5O2. The van der Waals surface area contributed by atoms with Gasteiger partial charge in [-0.05, 0) is 50.0 Å². The summed E-state index contributed by atoms with van der Waals surface area (Å²) < 4.78 is 7.39. The second-order valence-electron chi connectivity index (χ2n) is 7.12. The van der Waals surface area contributed by atoms with E-state index in [1.165, 1.54) is 6.42 Å². The van der Waals surface area contributed by atoms with Crippen molar-refractivity contribution in [1.82, 2.24) is 25.5 Å². The first-order valence-electron chi connectivity index (χ1n) is 8.20. The Bertz CT molecular complexity index is 508. The van der Waals surface area contributed by atoms with Gasteiger partial charge in [-0.2, -0.15) is 0 Å². The molecule has 122 valence electrons. The third-order valence-electron chi connectivity index (χ3n) is 4.92. The monoisotopic (exact) mass is 307 g/mol. The molecule has 0 radical (unpaired) electrons. The average Bonchev–Trinajstić information content (AvgIpc) is 3.01.